The average Bonchev–Trinajstić information content (AvgIpc) is 3.41. The summed E-state index contributed by atoms with van der Waals surface area (Å²) in [5, 5.41) is 21.2. The van der Waals surface area contributed by atoms with Crippen LogP contribution in [0.15, 0.2) is 83.9 Å². The van der Waals surface area contributed by atoms with E-state index in [0.717, 1.165) is 30.3 Å². The van der Waals surface area contributed by atoms with Crippen LogP contribution < -0.4 is 20.4 Å². The summed E-state index contributed by atoms with van der Waals surface area (Å²) in [5.41, 5.74) is 2.75. The van der Waals surface area contributed by atoms with Gasteiger partial charge in [0.25, 0.3) is 0 Å². The van der Waals surface area contributed by atoms with Gasteiger partial charge in [-0.05, 0) is 60.5 Å². The lowest BCUT2D eigenvalue weighted by molar-refractivity contribution is -0.159. The van der Waals surface area contributed by atoms with Crippen LogP contribution in [0, 0.1) is 0 Å². The molecule has 3 aromatic rings. The van der Waals surface area contributed by atoms with Crippen LogP contribution in [0.5, 0.6) is 11.5 Å². The molecule has 0 bridgehead atoms. The molecule has 0 saturated carbocycles. The number of rotatable bonds is 8. The Bertz CT molecular complexity index is 1180. The van der Waals surface area contributed by atoms with E-state index in [2.05, 4.69) is 15.6 Å². The number of carboxylic acid groups (broad SMARTS) is 2. The number of ketones is 1. The second-order valence-electron chi connectivity index (χ2n) is 7.52. The van der Waals surface area contributed by atoms with Crippen LogP contribution >= 0.6 is 0 Å². The zero-order valence-corrected chi connectivity index (χ0v) is 19.2. The third-order valence-electron chi connectivity index (χ3n) is 4.87. The van der Waals surface area contributed by atoms with Gasteiger partial charge in [0, 0.05) is 24.2 Å². The molecule has 10 heteroatoms. The molecule has 0 aliphatic carbocycles. The van der Waals surface area contributed by atoms with E-state index in [0.29, 0.717) is 29.9 Å². The Labute approximate surface area is 207 Å². The lowest BCUT2D eigenvalue weighted by Gasteiger charge is -2.08. The lowest BCUT2D eigenvalue weighted by Crippen LogP contribution is -2.26. The fourth-order valence-electron chi connectivity index (χ4n) is 3.04. The molecule has 186 valence electrons. The molecule has 36 heavy (non-hydrogen) atoms. The van der Waals surface area contributed by atoms with Crippen LogP contribution in [0.25, 0.3) is 0 Å². The smallest absolute Gasteiger partial charge is 0.414 e. The normalized spacial score (nSPS) is 11.7. The molecule has 0 spiro atoms. The van der Waals surface area contributed by atoms with E-state index < -0.39 is 11.9 Å². The van der Waals surface area contributed by atoms with E-state index in [9.17, 15) is 4.79 Å². The average molecular weight is 492 g/mol. The van der Waals surface area contributed by atoms with Gasteiger partial charge in [0.15, 0.2) is 23.2 Å². The maximum Gasteiger partial charge on any atom is 0.414 e. The largest absolute Gasteiger partial charge is 0.473 e. The Morgan fingerprint density at radius 1 is 0.833 bits per heavy atom. The number of Topliss-reactive ketones (excluding diaryl/α,β-unsaturated/α-hetero) is 1. The van der Waals surface area contributed by atoms with Gasteiger partial charge in [-0.25, -0.2) is 9.59 Å². The van der Waals surface area contributed by atoms with E-state index >= 15 is 0 Å². The maximum absolute atomic E-state index is 12.5. The number of carboxylic acids is 2. The van der Waals surface area contributed by atoms with Crippen molar-refractivity contribution in [1.29, 1.82) is 0 Å². The van der Waals surface area contributed by atoms with Crippen molar-refractivity contribution in [2.45, 2.75) is 12.8 Å². The molecule has 1 aliphatic rings. The first-order valence-electron chi connectivity index (χ1n) is 11.0. The van der Waals surface area contributed by atoms with Gasteiger partial charge in [0.1, 0.15) is 0 Å². The molecular weight excluding hydrogens is 466 g/mol. The Morgan fingerprint density at radius 3 is 2.00 bits per heavy atom. The summed E-state index contributed by atoms with van der Waals surface area (Å²) >= 11 is 0. The number of nitrogens with zero attached hydrogens (tertiary/aromatic N) is 1. The van der Waals surface area contributed by atoms with E-state index in [1.807, 2.05) is 42.5 Å². The Morgan fingerprint density at radius 2 is 1.44 bits per heavy atom. The van der Waals surface area contributed by atoms with Crippen LogP contribution in [-0.4, -0.2) is 47.0 Å². The predicted molar refractivity (Wildman–Crippen MR) is 132 cm³/mol. The van der Waals surface area contributed by atoms with Crippen LogP contribution in [0.3, 0.4) is 0 Å². The fourth-order valence-corrected chi connectivity index (χ4v) is 3.04. The van der Waals surface area contributed by atoms with Gasteiger partial charge in [-0.15, -0.1) is 0 Å². The minimum atomic E-state index is -1.82. The van der Waals surface area contributed by atoms with E-state index in [1.54, 1.807) is 36.4 Å². The van der Waals surface area contributed by atoms with Gasteiger partial charge >= 0.3 is 11.9 Å². The van der Waals surface area contributed by atoms with Gasteiger partial charge in [-0.3, -0.25) is 19.6 Å². The number of nitrogens with one attached hydrogen (secondary N) is 2. The first-order valence-corrected chi connectivity index (χ1v) is 11.0. The third-order valence-corrected chi connectivity index (χ3v) is 4.87. The summed E-state index contributed by atoms with van der Waals surface area (Å²) in [5.74, 6) is -1.59. The highest BCUT2D eigenvalue weighted by Gasteiger charge is 2.09. The highest BCUT2D eigenvalue weighted by molar-refractivity contribution is 6.27. The zero-order chi connectivity index (χ0) is 25.8. The topological polar surface area (TPSA) is 147 Å². The van der Waals surface area contributed by atoms with Gasteiger partial charge in [0.2, 0.25) is 0 Å². The van der Waals surface area contributed by atoms with Crippen molar-refractivity contribution in [3.63, 3.8) is 0 Å². The number of aliphatic carboxylic acids is 2. The minimum Gasteiger partial charge on any atom is -0.473 e. The fraction of sp³-hybridized carbons (Fsp3) is 0.154. The van der Waals surface area contributed by atoms with E-state index in [1.165, 1.54) is 0 Å². The molecule has 10 nitrogen and oxygen atoms in total. The molecule has 1 aliphatic heterocycles. The second-order valence-corrected chi connectivity index (χ2v) is 7.52. The number of aliphatic imine (C=N–C) groups is 1. The van der Waals surface area contributed by atoms with Crippen molar-refractivity contribution >= 4 is 29.4 Å². The summed E-state index contributed by atoms with van der Waals surface area (Å²) in [6, 6.07) is 24.3. The molecule has 0 amide bonds. The lowest BCUT2D eigenvalue weighted by atomic mass is 10.0. The first kappa shape index (κ1) is 25.8. The number of carbonyl (C=O) groups is 3. The SMILES string of the molecule is O=C(CCc1ccc(NC2=NCCN2)cc1)c1ccc(OOc2ccccc2)cc1.O=C(O)C(=O)O. The number of guanidine groups is 1. The number of hydrogen-bond donors (Lipinski definition) is 4. The van der Waals surface area contributed by atoms with Crippen molar-refractivity contribution < 1.29 is 34.4 Å². The highest BCUT2D eigenvalue weighted by atomic mass is 17.2. The molecule has 3 aromatic carbocycles. The molecule has 0 fully saturated rings. The molecule has 4 rings (SSSR count). The van der Waals surface area contributed by atoms with Gasteiger partial charge in [-0.2, -0.15) is 0 Å². The molecule has 0 atom stereocenters. The van der Waals surface area contributed by atoms with Crippen molar-refractivity contribution in [1.82, 2.24) is 5.32 Å². The van der Waals surface area contributed by atoms with Crippen molar-refractivity contribution in [3.8, 4) is 11.5 Å². The second kappa shape index (κ2) is 13.1. The summed E-state index contributed by atoms with van der Waals surface area (Å²) in [6.07, 6.45) is 1.13. The van der Waals surface area contributed by atoms with Crippen LogP contribution in [0.1, 0.15) is 22.3 Å². The van der Waals surface area contributed by atoms with Gasteiger partial charge < -0.3 is 20.8 Å². The maximum atomic E-state index is 12.5. The summed E-state index contributed by atoms with van der Waals surface area (Å²) in [7, 11) is 0. The summed E-state index contributed by atoms with van der Waals surface area (Å²) in [4.78, 5) is 45.5. The molecule has 0 radical (unpaired) electrons. The van der Waals surface area contributed by atoms with Crippen molar-refractivity contribution in [2.75, 3.05) is 18.4 Å². The molecule has 0 saturated heterocycles. The van der Waals surface area contributed by atoms with Gasteiger partial charge in [-0.1, -0.05) is 30.3 Å². The van der Waals surface area contributed by atoms with Crippen molar-refractivity contribution in [2.24, 2.45) is 4.99 Å². The van der Waals surface area contributed by atoms with E-state index in [-0.39, 0.29) is 5.78 Å². The number of anilines is 1. The van der Waals surface area contributed by atoms with E-state index in [4.69, 9.17) is 29.6 Å². The molecule has 4 N–H and O–H groups in total. The Kier molecular flexibility index (Phi) is 9.40. The summed E-state index contributed by atoms with van der Waals surface area (Å²) < 4.78 is 0. The number of carbonyl (C=O) groups excluding carboxylic acids is 1. The third kappa shape index (κ3) is 8.49. The van der Waals surface area contributed by atoms with Crippen LogP contribution in [0.2, 0.25) is 0 Å². The number of aryl methyl sites for hydroxylation is 1. The van der Waals surface area contributed by atoms with Crippen molar-refractivity contribution in [3.05, 3.63) is 90.0 Å². The molecular formula is C26H25N3O7. The van der Waals surface area contributed by atoms with Gasteiger partial charge in [0.05, 0.1) is 6.54 Å². The number of hydrogen-bond acceptors (Lipinski definition) is 8. The minimum absolute atomic E-state index is 0.0947. The van der Waals surface area contributed by atoms with Crippen LogP contribution in [0.4, 0.5) is 5.69 Å². The standard InChI is InChI=1S/C24H23N3O3.C2H2O4/c28-23(15-8-18-6-11-20(12-7-18)27-24-25-16-17-26-24)19-9-13-22(14-10-19)30-29-21-4-2-1-3-5-21;3-1(4)2(5)6/h1-7,9-14H,8,15-17H2,(H2,25,26,27);(H,3,4)(H,5,6). The van der Waals surface area contributed by atoms with Crippen LogP contribution in [-0.2, 0) is 16.0 Å². The quantitative estimate of drug-likeness (QED) is 0.161. The molecule has 0 aromatic heterocycles. The Balaban J connectivity index is 0.000000538. The zero-order valence-electron chi connectivity index (χ0n) is 19.2. The summed E-state index contributed by atoms with van der Waals surface area (Å²) in [6.45, 7) is 1.67. The Hall–Kier alpha value is -4.86. The number of benzene rings is 3. The predicted octanol–water partition coefficient (Wildman–Crippen LogP) is 3.40. The monoisotopic (exact) mass is 491 g/mol. The molecule has 0 unspecified atom stereocenters. The molecule has 1 heterocycles. The number of para-hydroxylation sites is 1. The highest BCUT2D eigenvalue weighted by Crippen LogP contribution is 2.18. The first-order chi connectivity index (χ1) is 17.4.